The van der Waals surface area contributed by atoms with Crippen molar-refractivity contribution in [3.8, 4) is 5.75 Å². The van der Waals surface area contributed by atoms with E-state index >= 15 is 0 Å². The number of benzene rings is 1. The van der Waals surface area contributed by atoms with E-state index in [1.165, 1.54) is 5.56 Å². The third-order valence-electron chi connectivity index (χ3n) is 3.32. The summed E-state index contributed by atoms with van der Waals surface area (Å²) in [6, 6.07) is 4.09. The normalized spacial score (nSPS) is 10.5. The molecule has 1 amide bonds. The Labute approximate surface area is 124 Å². The van der Waals surface area contributed by atoms with Gasteiger partial charge in [0.2, 0.25) is 0 Å². The highest BCUT2D eigenvalue weighted by Gasteiger charge is 2.11. The van der Waals surface area contributed by atoms with Crippen molar-refractivity contribution >= 4 is 11.7 Å². The number of hydrogen-bond donors (Lipinski definition) is 2. The molecule has 0 aliphatic rings. The third kappa shape index (κ3) is 3.62. The van der Waals surface area contributed by atoms with E-state index in [0.29, 0.717) is 5.82 Å². The van der Waals surface area contributed by atoms with Crippen LogP contribution in [0.2, 0.25) is 0 Å². The van der Waals surface area contributed by atoms with Crippen LogP contribution >= 0.6 is 0 Å². The molecule has 0 radical (unpaired) electrons. The molecule has 1 heterocycles. The molecule has 5 nitrogen and oxygen atoms in total. The van der Waals surface area contributed by atoms with Crippen molar-refractivity contribution in [2.45, 2.75) is 34.1 Å². The molecule has 0 atom stereocenters. The Bertz CT molecular complexity index is 624. The summed E-state index contributed by atoms with van der Waals surface area (Å²) < 4.78 is 5.66. The van der Waals surface area contributed by atoms with Crippen molar-refractivity contribution in [2.75, 3.05) is 11.9 Å². The molecule has 0 spiro atoms. The summed E-state index contributed by atoms with van der Waals surface area (Å²) in [5.74, 6) is 1.22. The van der Waals surface area contributed by atoms with Gasteiger partial charge in [0.25, 0.3) is 5.91 Å². The van der Waals surface area contributed by atoms with Crippen LogP contribution in [-0.2, 0) is 11.2 Å². The first kappa shape index (κ1) is 15.1. The standard InChI is InChI=1S/C16H21N3O2/c1-5-13-8-17-19-16(13)18-14(20)9-21-15-11(3)6-10(2)7-12(15)4/h6-8H,5,9H2,1-4H3,(H2,17,18,19,20). The van der Waals surface area contributed by atoms with E-state index in [1.807, 2.05) is 39.8 Å². The Morgan fingerprint density at radius 3 is 2.57 bits per heavy atom. The predicted octanol–water partition coefficient (Wildman–Crippen LogP) is 2.91. The zero-order chi connectivity index (χ0) is 15.4. The quantitative estimate of drug-likeness (QED) is 0.888. The predicted molar refractivity (Wildman–Crippen MR) is 82.7 cm³/mol. The van der Waals surface area contributed by atoms with Crippen LogP contribution in [0.1, 0.15) is 29.2 Å². The number of carbonyl (C=O) groups is 1. The average Bonchev–Trinajstić information content (AvgIpc) is 2.84. The number of anilines is 1. The van der Waals surface area contributed by atoms with E-state index in [0.717, 1.165) is 28.9 Å². The van der Waals surface area contributed by atoms with Crippen LogP contribution in [-0.4, -0.2) is 22.7 Å². The van der Waals surface area contributed by atoms with Crippen LogP contribution in [0.3, 0.4) is 0 Å². The van der Waals surface area contributed by atoms with Crippen LogP contribution in [0.15, 0.2) is 18.3 Å². The zero-order valence-corrected chi connectivity index (χ0v) is 12.9. The smallest absolute Gasteiger partial charge is 0.263 e. The van der Waals surface area contributed by atoms with Crippen molar-refractivity contribution in [2.24, 2.45) is 0 Å². The molecule has 0 saturated heterocycles. The van der Waals surface area contributed by atoms with Crippen molar-refractivity contribution in [3.05, 3.63) is 40.6 Å². The first-order valence-corrected chi connectivity index (χ1v) is 7.04. The van der Waals surface area contributed by atoms with E-state index < -0.39 is 0 Å². The summed E-state index contributed by atoms with van der Waals surface area (Å²) >= 11 is 0. The molecule has 2 rings (SSSR count). The minimum atomic E-state index is -0.201. The van der Waals surface area contributed by atoms with Gasteiger partial charge in [-0.2, -0.15) is 5.10 Å². The lowest BCUT2D eigenvalue weighted by Gasteiger charge is -2.13. The zero-order valence-electron chi connectivity index (χ0n) is 12.9. The van der Waals surface area contributed by atoms with Crippen LogP contribution in [0.5, 0.6) is 5.75 Å². The molecule has 1 aromatic carbocycles. The first-order chi connectivity index (χ1) is 10.0. The fraction of sp³-hybridized carbons (Fsp3) is 0.375. The first-order valence-electron chi connectivity index (χ1n) is 7.04. The Hall–Kier alpha value is -2.30. The summed E-state index contributed by atoms with van der Waals surface area (Å²) in [6.07, 6.45) is 2.52. The second-order valence-electron chi connectivity index (χ2n) is 5.19. The summed E-state index contributed by atoms with van der Waals surface area (Å²) in [7, 11) is 0. The fourth-order valence-corrected chi connectivity index (χ4v) is 2.40. The molecule has 0 aliphatic carbocycles. The SMILES string of the molecule is CCc1cn[nH]c1NC(=O)COc1c(C)cc(C)cc1C. The van der Waals surface area contributed by atoms with Crippen molar-refractivity contribution in [3.63, 3.8) is 0 Å². The van der Waals surface area contributed by atoms with E-state index in [2.05, 4.69) is 15.5 Å². The second kappa shape index (κ2) is 6.43. The summed E-state index contributed by atoms with van der Waals surface area (Å²) in [6.45, 7) is 8.00. The van der Waals surface area contributed by atoms with E-state index in [4.69, 9.17) is 4.74 Å². The molecule has 1 aromatic heterocycles. The molecular formula is C16H21N3O2. The minimum Gasteiger partial charge on any atom is -0.483 e. The van der Waals surface area contributed by atoms with Gasteiger partial charge in [-0.15, -0.1) is 0 Å². The molecule has 0 saturated carbocycles. The highest BCUT2D eigenvalue weighted by atomic mass is 16.5. The van der Waals surface area contributed by atoms with Crippen molar-refractivity contribution in [1.82, 2.24) is 10.2 Å². The van der Waals surface area contributed by atoms with E-state index in [-0.39, 0.29) is 12.5 Å². The van der Waals surface area contributed by atoms with Gasteiger partial charge < -0.3 is 10.1 Å². The summed E-state index contributed by atoms with van der Waals surface area (Å²) in [4.78, 5) is 12.0. The number of H-pyrrole nitrogens is 1. The number of nitrogens with one attached hydrogen (secondary N) is 2. The molecule has 0 unspecified atom stereocenters. The van der Waals surface area contributed by atoms with Crippen LogP contribution in [0.4, 0.5) is 5.82 Å². The van der Waals surface area contributed by atoms with Gasteiger partial charge >= 0.3 is 0 Å². The highest BCUT2D eigenvalue weighted by Crippen LogP contribution is 2.24. The van der Waals surface area contributed by atoms with Gasteiger partial charge in [-0.05, 0) is 38.3 Å². The minimum absolute atomic E-state index is 0.0209. The number of amides is 1. The topological polar surface area (TPSA) is 67.0 Å². The third-order valence-corrected chi connectivity index (χ3v) is 3.32. The molecular weight excluding hydrogens is 266 g/mol. The molecule has 2 N–H and O–H groups in total. The van der Waals surface area contributed by atoms with Gasteiger partial charge in [0.1, 0.15) is 11.6 Å². The van der Waals surface area contributed by atoms with Gasteiger partial charge in [-0.1, -0.05) is 24.6 Å². The molecule has 0 fully saturated rings. The maximum atomic E-state index is 12.0. The van der Waals surface area contributed by atoms with Gasteiger partial charge in [0.05, 0.1) is 6.20 Å². The van der Waals surface area contributed by atoms with Crippen molar-refractivity contribution in [1.29, 1.82) is 0 Å². The lowest BCUT2D eigenvalue weighted by Crippen LogP contribution is -2.21. The molecule has 0 bridgehead atoms. The number of rotatable bonds is 5. The number of aromatic nitrogens is 2. The van der Waals surface area contributed by atoms with Gasteiger partial charge in [-0.3, -0.25) is 9.89 Å². The number of aryl methyl sites for hydroxylation is 4. The Morgan fingerprint density at radius 2 is 1.95 bits per heavy atom. The largest absolute Gasteiger partial charge is 0.483 e. The molecule has 5 heteroatoms. The van der Waals surface area contributed by atoms with Crippen LogP contribution < -0.4 is 10.1 Å². The number of nitrogens with zero attached hydrogens (tertiary/aromatic N) is 1. The van der Waals surface area contributed by atoms with Gasteiger partial charge in [0.15, 0.2) is 6.61 Å². The van der Waals surface area contributed by atoms with Crippen LogP contribution in [0.25, 0.3) is 0 Å². The molecule has 21 heavy (non-hydrogen) atoms. The van der Waals surface area contributed by atoms with Crippen molar-refractivity contribution < 1.29 is 9.53 Å². The highest BCUT2D eigenvalue weighted by molar-refractivity contribution is 5.91. The maximum Gasteiger partial charge on any atom is 0.263 e. The fourth-order valence-electron chi connectivity index (χ4n) is 2.40. The number of carbonyl (C=O) groups excluding carboxylic acids is 1. The average molecular weight is 287 g/mol. The van der Waals surface area contributed by atoms with Gasteiger partial charge in [-0.25, -0.2) is 0 Å². The van der Waals surface area contributed by atoms with E-state index in [1.54, 1.807) is 6.20 Å². The molecule has 2 aromatic rings. The molecule has 0 aliphatic heterocycles. The lowest BCUT2D eigenvalue weighted by atomic mass is 10.1. The second-order valence-corrected chi connectivity index (χ2v) is 5.19. The van der Waals surface area contributed by atoms with Crippen LogP contribution in [0, 0.1) is 20.8 Å². The Kier molecular flexibility index (Phi) is 4.62. The lowest BCUT2D eigenvalue weighted by molar-refractivity contribution is -0.118. The number of aromatic amines is 1. The number of hydrogen-bond acceptors (Lipinski definition) is 3. The summed E-state index contributed by atoms with van der Waals surface area (Å²) in [5.41, 5.74) is 4.24. The maximum absolute atomic E-state index is 12.0. The number of ether oxygens (including phenoxy) is 1. The van der Waals surface area contributed by atoms with Gasteiger partial charge in [0, 0.05) is 5.56 Å². The Balaban J connectivity index is 1.99. The molecule has 112 valence electrons. The monoisotopic (exact) mass is 287 g/mol. The summed E-state index contributed by atoms with van der Waals surface area (Å²) in [5, 5.41) is 9.48. The Morgan fingerprint density at radius 1 is 1.29 bits per heavy atom. The van der Waals surface area contributed by atoms with E-state index in [9.17, 15) is 4.79 Å².